The van der Waals surface area contributed by atoms with Crippen LogP contribution < -0.4 is 0 Å². The summed E-state index contributed by atoms with van der Waals surface area (Å²) in [6.07, 6.45) is 0. The van der Waals surface area contributed by atoms with E-state index >= 15 is 0 Å². The number of hydrogen-bond acceptors (Lipinski definition) is 6. The summed E-state index contributed by atoms with van der Waals surface area (Å²) in [7, 11) is 0. The summed E-state index contributed by atoms with van der Waals surface area (Å²) in [5, 5.41) is 18.4. The molecular weight excluding hydrogens is 617 g/mol. The van der Waals surface area contributed by atoms with E-state index in [0.29, 0.717) is 23.6 Å². The second kappa shape index (κ2) is 10.9. The lowest BCUT2D eigenvalue weighted by atomic mass is 9.59. The molecule has 50 heavy (non-hydrogen) atoms. The lowest BCUT2D eigenvalue weighted by Gasteiger charge is -2.43. The van der Waals surface area contributed by atoms with Gasteiger partial charge in [-0.15, -0.1) is 20.4 Å². The highest BCUT2D eigenvalue weighted by Gasteiger charge is 2.45. The van der Waals surface area contributed by atoms with E-state index in [4.69, 9.17) is 8.83 Å². The molecule has 2 bridgehead atoms. The van der Waals surface area contributed by atoms with Crippen molar-refractivity contribution >= 4 is 0 Å². The van der Waals surface area contributed by atoms with Crippen LogP contribution in [-0.4, -0.2) is 20.4 Å². The van der Waals surface area contributed by atoms with Gasteiger partial charge in [-0.3, -0.25) is 0 Å². The molecule has 3 aliphatic rings. The standard InChI is InChI=1S/C44H38N4O2/c1-43(2,3)27-19-15-25(16-20-27)39-45-47-41(49-39)33-23-24-34(42-48-46-40(50-42)26-17-21-28(22-18-26)44(4,5)6)38-36-31-13-9-7-11-29(31)35(37(33)38)30-12-8-10-14-32(30)36/h7-24,35-36H,1-6H3. The van der Waals surface area contributed by atoms with E-state index in [-0.39, 0.29) is 22.7 Å². The van der Waals surface area contributed by atoms with Crippen LogP contribution >= 0.6 is 0 Å². The number of rotatable bonds is 4. The molecule has 0 unspecified atom stereocenters. The number of benzene rings is 5. The fourth-order valence-electron chi connectivity index (χ4n) is 7.78. The summed E-state index contributed by atoms with van der Waals surface area (Å²) in [4.78, 5) is 0. The zero-order valence-corrected chi connectivity index (χ0v) is 29.2. The molecule has 0 aliphatic heterocycles. The SMILES string of the molecule is CC(C)(C)c1ccc(-c2nnc(-c3ccc(-c4nnc(-c5ccc(C(C)(C)C)cc5)o4)c4c3C3c5ccccc5C4c4ccccc43)o2)cc1. The molecule has 0 N–H and O–H groups in total. The highest BCUT2D eigenvalue weighted by atomic mass is 16.4. The van der Waals surface area contributed by atoms with Crippen molar-refractivity contribution in [2.45, 2.75) is 64.2 Å². The Morgan fingerprint density at radius 2 is 0.720 bits per heavy atom. The second-order valence-corrected chi connectivity index (χ2v) is 15.6. The van der Waals surface area contributed by atoms with Crippen molar-refractivity contribution in [3.05, 3.63) is 154 Å². The van der Waals surface area contributed by atoms with Crippen molar-refractivity contribution in [2.75, 3.05) is 0 Å². The molecule has 246 valence electrons. The highest BCUT2D eigenvalue weighted by molar-refractivity contribution is 5.82. The Balaban J connectivity index is 1.20. The number of aromatic nitrogens is 4. The van der Waals surface area contributed by atoms with Gasteiger partial charge in [0.1, 0.15) is 0 Å². The van der Waals surface area contributed by atoms with Crippen molar-refractivity contribution in [2.24, 2.45) is 0 Å². The normalized spacial score (nSPS) is 16.2. The maximum atomic E-state index is 6.50. The summed E-state index contributed by atoms with van der Waals surface area (Å²) in [6.45, 7) is 13.3. The quantitative estimate of drug-likeness (QED) is 0.188. The van der Waals surface area contributed by atoms with Gasteiger partial charge in [0.15, 0.2) is 0 Å². The molecule has 0 amide bonds. The van der Waals surface area contributed by atoms with Crippen LogP contribution in [0, 0.1) is 0 Å². The maximum Gasteiger partial charge on any atom is 0.248 e. The van der Waals surface area contributed by atoms with Crippen LogP contribution in [-0.2, 0) is 10.8 Å². The smallest absolute Gasteiger partial charge is 0.248 e. The van der Waals surface area contributed by atoms with Crippen molar-refractivity contribution in [3.63, 3.8) is 0 Å². The molecule has 0 spiro atoms. The molecule has 7 aromatic rings. The Morgan fingerprint density at radius 3 is 1.04 bits per heavy atom. The molecule has 0 atom stereocenters. The van der Waals surface area contributed by atoms with Crippen LogP contribution in [0.3, 0.4) is 0 Å². The first-order chi connectivity index (χ1) is 24.1. The summed E-state index contributed by atoms with van der Waals surface area (Å²) in [5.41, 5.74) is 13.7. The number of hydrogen-bond donors (Lipinski definition) is 0. The average Bonchev–Trinajstić information content (AvgIpc) is 3.82. The topological polar surface area (TPSA) is 77.8 Å². The van der Waals surface area contributed by atoms with E-state index in [1.54, 1.807) is 0 Å². The van der Waals surface area contributed by atoms with Crippen LogP contribution in [0.5, 0.6) is 0 Å². The first-order valence-electron chi connectivity index (χ1n) is 17.3. The first-order valence-corrected chi connectivity index (χ1v) is 17.3. The predicted molar refractivity (Wildman–Crippen MR) is 196 cm³/mol. The van der Waals surface area contributed by atoms with Gasteiger partial charge in [0.2, 0.25) is 23.6 Å². The minimum atomic E-state index is -0.0221. The van der Waals surface area contributed by atoms with Crippen LogP contribution in [0.25, 0.3) is 45.8 Å². The van der Waals surface area contributed by atoms with Gasteiger partial charge >= 0.3 is 0 Å². The molecular formula is C44H38N4O2. The molecule has 6 heteroatoms. The molecule has 0 saturated heterocycles. The Bertz CT molecular complexity index is 2190. The Hall–Kier alpha value is -5.62. The van der Waals surface area contributed by atoms with E-state index in [2.05, 4.69) is 171 Å². The Morgan fingerprint density at radius 1 is 0.400 bits per heavy atom. The van der Waals surface area contributed by atoms with E-state index in [0.717, 1.165) is 33.4 Å². The molecule has 2 heterocycles. The molecule has 10 rings (SSSR count). The molecule has 5 aromatic carbocycles. The summed E-state index contributed by atoms with van der Waals surface area (Å²) in [6, 6.07) is 38.5. The third-order valence-electron chi connectivity index (χ3n) is 10.4. The third kappa shape index (κ3) is 4.77. The van der Waals surface area contributed by atoms with E-state index in [1.165, 1.54) is 33.4 Å². The molecule has 6 nitrogen and oxygen atoms in total. The predicted octanol–water partition coefficient (Wildman–Crippen LogP) is 10.7. The Kier molecular flexibility index (Phi) is 6.66. The molecule has 0 radical (unpaired) electrons. The van der Waals surface area contributed by atoms with E-state index in [1.807, 2.05) is 0 Å². The van der Waals surface area contributed by atoms with Crippen LogP contribution in [0.4, 0.5) is 0 Å². The van der Waals surface area contributed by atoms with Crippen LogP contribution in [0.2, 0.25) is 0 Å². The fourth-order valence-corrected chi connectivity index (χ4v) is 7.78. The van der Waals surface area contributed by atoms with Gasteiger partial charge < -0.3 is 8.83 Å². The average molecular weight is 655 g/mol. The monoisotopic (exact) mass is 654 g/mol. The fraction of sp³-hybridized carbons (Fsp3) is 0.227. The van der Waals surface area contributed by atoms with Gasteiger partial charge in [-0.1, -0.05) is 114 Å². The van der Waals surface area contributed by atoms with E-state index < -0.39 is 0 Å². The summed E-state index contributed by atoms with van der Waals surface area (Å²) in [5.74, 6) is 1.95. The third-order valence-corrected chi connectivity index (χ3v) is 10.4. The highest BCUT2D eigenvalue weighted by Crippen LogP contribution is 2.59. The lowest BCUT2D eigenvalue weighted by molar-refractivity contribution is 0.577. The minimum Gasteiger partial charge on any atom is -0.416 e. The maximum absolute atomic E-state index is 6.50. The summed E-state index contributed by atoms with van der Waals surface area (Å²) >= 11 is 0. The molecule has 0 fully saturated rings. The van der Waals surface area contributed by atoms with Gasteiger partial charge in [0.25, 0.3) is 0 Å². The second-order valence-electron chi connectivity index (χ2n) is 15.6. The molecule has 0 saturated carbocycles. The molecule has 2 aromatic heterocycles. The van der Waals surface area contributed by atoms with Crippen molar-refractivity contribution < 1.29 is 8.83 Å². The van der Waals surface area contributed by atoms with Crippen LogP contribution in [0.15, 0.2) is 118 Å². The Labute approximate surface area is 292 Å². The molecule has 3 aliphatic carbocycles. The van der Waals surface area contributed by atoms with Gasteiger partial charge in [-0.25, -0.2) is 0 Å². The minimum absolute atomic E-state index is 0.0221. The van der Waals surface area contributed by atoms with Crippen molar-refractivity contribution in [1.29, 1.82) is 0 Å². The van der Waals surface area contributed by atoms with Gasteiger partial charge in [-0.2, -0.15) is 0 Å². The lowest BCUT2D eigenvalue weighted by Crippen LogP contribution is -2.28. The van der Waals surface area contributed by atoms with Gasteiger partial charge in [0.05, 0.1) is 0 Å². The summed E-state index contributed by atoms with van der Waals surface area (Å²) < 4.78 is 13.0. The van der Waals surface area contributed by atoms with Crippen molar-refractivity contribution in [1.82, 2.24) is 20.4 Å². The van der Waals surface area contributed by atoms with Gasteiger partial charge in [-0.05, 0) is 91.7 Å². The van der Waals surface area contributed by atoms with Crippen molar-refractivity contribution in [3.8, 4) is 45.8 Å². The first kappa shape index (κ1) is 30.4. The van der Waals surface area contributed by atoms with Crippen LogP contribution in [0.1, 0.15) is 97.9 Å². The number of nitrogens with zero attached hydrogens (tertiary/aromatic N) is 4. The zero-order valence-electron chi connectivity index (χ0n) is 29.2. The van der Waals surface area contributed by atoms with Gasteiger partial charge in [0, 0.05) is 34.1 Å². The van der Waals surface area contributed by atoms with E-state index in [9.17, 15) is 0 Å². The zero-order chi connectivity index (χ0) is 34.4. The largest absolute Gasteiger partial charge is 0.416 e.